The van der Waals surface area contributed by atoms with Gasteiger partial charge in [0.15, 0.2) is 0 Å². The lowest BCUT2D eigenvalue weighted by Crippen LogP contribution is -2.45. The summed E-state index contributed by atoms with van der Waals surface area (Å²) >= 11 is 0. The number of carbonyl (C=O) groups excluding carboxylic acids is 1. The molecule has 1 rings (SSSR count). The summed E-state index contributed by atoms with van der Waals surface area (Å²) in [7, 11) is 0. The summed E-state index contributed by atoms with van der Waals surface area (Å²) in [6, 6.07) is 8.28. The maximum Gasteiger partial charge on any atom is 0.315 e. The highest BCUT2D eigenvalue weighted by molar-refractivity contribution is 5.74. The Balaban J connectivity index is 2.47. The number of urea groups is 1. The third kappa shape index (κ3) is 6.17. The van der Waals surface area contributed by atoms with Crippen molar-refractivity contribution in [2.45, 2.75) is 52.0 Å². The molecule has 4 nitrogen and oxygen atoms in total. The van der Waals surface area contributed by atoms with E-state index in [0.717, 1.165) is 6.42 Å². The average molecular weight is 292 g/mol. The van der Waals surface area contributed by atoms with E-state index in [4.69, 9.17) is 5.11 Å². The van der Waals surface area contributed by atoms with E-state index in [1.807, 2.05) is 13.0 Å². The Bertz CT molecular complexity index is 458. The van der Waals surface area contributed by atoms with Gasteiger partial charge in [-0.05, 0) is 32.3 Å². The van der Waals surface area contributed by atoms with Gasteiger partial charge in [0.05, 0.1) is 0 Å². The van der Waals surface area contributed by atoms with Crippen LogP contribution in [0.2, 0.25) is 0 Å². The van der Waals surface area contributed by atoms with Crippen LogP contribution in [0.15, 0.2) is 24.3 Å². The number of aliphatic hydroxyl groups excluding tert-OH is 1. The van der Waals surface area contributed by atoms with E-state index in [1.54, 1.807) is 0 Å². The Labute approximate surface area is 128 Å². The number of aliphatic hydroxyl groups is 1. The maximum absolute atomic E-state index is 11.9. The Hall–Kier alpha value is -1.55. The van der Waals surface area contributed by atoms with Crippen molar-refractivity contribution in [3.05, 3.63) is 35.4 Å². The Kier molecular flexibility index (Phi) is 6.69. The molecule has 1 aromatic rings. The van der Waals surface area contributed by atoms with E-state index in [-0.39, 0.29) is 24.1 Å². The average Bonchev–Trinajstić information content (AvgIpc) is 2.43. The number of rotatable bonds is 7. The second-order valence-corrected chi connectivity index (χ2v) is 6.35. The molecule has 2 amide bonds. The van der Waals surface area contributed by atoms with Gasteiger partial charge >= 0.3 is 6.03 Å². The van der Waals surface area contributed by atoms with Gasteiger partial charge in [-0.25, -0.2) is 4.79 Å². The monoisotopic (exact) mass is 292 g/mol. The molecule has 0 aliphatic rings. The van der Waals surface area contributed by atoms with E-state index >= 15 is 0 Å². The first kappa shape index (κ1) is 17.5. The normalized spacial score (nSPS) is 12.8. The van der Waals surface area contributed by atoms with Crippen LogP contribution in [0.4, 0.5) is 4.79 Å². The zero-order chi connectivity index (χ0) is 15.9. The molecule has 1 aromatic carbocycles. The van der Waals surface area contributed by atoms with Crippen molar-refractivity contribution in [2.75, 3.05) is 13.2 Å². The molecule has 4 heteroatoms. The van der Waals surface area contributed by atoms with E-state index in [9.17, 15) is 4.79 Å². The summed E-state index contributed by atoms with van der Waals surface area (Å²) in [6.07, 6.45) is 1.49. The van der Waals surface area contributed by atoms with Crippen LogP contribution in [-0.4, -0.2) is 30.3 Å². The van der Waals surface area contributed by atoms with E-state index in [2.05, 4.69) is 49.6 Å². The van der Waals surface area contributed by atoms with Gasteiger partial charge in [-0.1, -0.05) is 43.7 Å². The Morgan fingerprint density at radius 1 is 1.38 bits per heavy atom. The first-order valence-corrected chi connectivity index (χ1v) is 7.57. The summed E-state index contributed by atoms with van der Waals surface area (Å²) in [5.41, 5.74) is 2.33. The first-order valence-electron chi connectivity index (χ1n) is 7.57. The SMILES string of the molecule is Cc1cccc(C(C)(C)CNC(=O)NC(C)CCCO)c1. The number of benzene rings is 1. The van der Waals surface area contributed by atoms with Gasteiger partial charge < -0.3 is 15.7 Å². The molecule has 0 aromatic heterocycles. The van der Waals surface area contributed by atoms with Crippen LogP contribution >= 0.6 is 0 Å². The van der Waals surface area contributed by atoms with Crippen molar-refractivity contribution < 1.29 is 9.90 Å². The number of carbonyl (C=O) groups is 1. The third-order valence-corrected chi connectivity index (χ3v) is 3.66. The highest BCUT2D eigenvalue weighted by Crippen LogP contribution is 2.22. The first-order chi connectivity index (χ1) is 9.85. The van der Waals surface area contributed by atoms with Gasteiger partial charge in [-0.3, -0.25) is 0 Å². The molecule has 0 bridgehead atoms. The minimum atomic E-state index is -0.152. The number of hydrogen-bond acceptors (Lipinski definition) is 2. The predicted molar refractivity (Wildman–Crippen MR) is 86.5 cm³/mol. The molecule has 3 N–H and O–H groups in total. The molecule has 1 atom stereocenters. The second kappa shape index (κ2) is 8.03. The molecule has 0 spiro atoms. The zero-order valence-electron chi connectivity index (χ0n) is 13.6. The van der Waals surface area contributed by atoms with Gasteiger partial charge in [0.1, 0.15) is 0 Å². The fourth-order valence-electron chi connectivity index (χ4n) is 2.21. The molecule has 0 radical (unpaired) electrons. The second-order valence-electron chi connectivity index (χ2n) is 6.35. The van der Waals surface area contributed by atoms with Gasteiger partial charge in [0, 0.05) is 24.6 Å². The molecule has 0 aliphatic heterocycles. The lowest BCUT2D eigenvalue weighted by Gasteiger charge is -2.26. The highest BCUT2D eigenvalue weighted by Gasteiger charge is 2.21. The predicted octanol–water partition coefficient (Wildman–Crippen LogP) is 2.73. The lowest BCUT2D eigenvalue weighted by molar-refractivity contribution is 0.232. The van der Waals surface area contributed by atoms with Crippen LogP contribution in [0.25, 0.3) is 0 Å². The fraction of sp³-hybridized carbons (Fsp3) is 0.588. The molecule has 0 saturated carbocycles. The molecular formula is C17H28N2O2. The highest BCUT2D eigenvalue weighted by atomic mass is 16.3. The van der Waals surface area contributed by atoms with Crippen molar-refractivity contribution in [3.8, 4) is 0 Å². The number of hydrogen-bond donors (Lipinski definition) is 3. The van der Waals surface area contributed by atoms with Crippen molar-refractivity contribution in [1.29, 1.82) is 0 Å². The van der Waals surface area contributed by atoms with Crippen LogP contribution in [0, 0.1) is 6.92 Å². The van der Waals surface area contributed by atoms with Crippen molar-refractivity contribution in [1.82, 2.24) is 10.6 Å². The number of amides is 2. The summed E-state index contributed by atoms with van der Waals surface area (Å²) < 4.78 is 0. The molecule has 0 saturated heterocycles. The van der Waals surface area contributed by atoms with Gasteiger partial charge in [0.2, 0.25) is 0 Å². The molecule has 0 fully saturated rings. The smallest absolute Gasteiger partial charge is 0.315 e. The topological polar surface area (TPSA) is 61.4 Å². The molecule has 118 valence electrons. The summed E-state index contributed by atoms with van der Waals surface area (Å²) in [5, 5.41) is 14.6. The quantitative estimate of drug-likeness (QED) is 0.723. The van der Waals surface area contributed by atoms with E-state index in [1.165, 1.54) is 11.1 Å². The van der Waals surface area contributed by atoms with Gasteiger partial charge in [0.25, 0.3) is 0 Å². The molecule has 21 heavy (non-hydrogen) atoms. The van der Waals surface area contributed by atoms with E-state index in [0.29, 0.717) is 13.0 Å². The van der Waals surface area contributed by atoms with Crippen molar-refractivity contribution >= 4 is 6.03 Å². The van der Waals surface area contributed by atoms with Crippen molar-refractivity contribution in [3.63, 3.8) is 0 Å². The van der Waals surface area contributed by atoms with Crippen LogP contribution in [0.1, 0.15) is 44.7 Å². The third-order valence-electron chi connectivity index (χ3n) is 3.66. The molecular weight excluding hydrogens is 264 g/mol. The summed E-state index contributed by atoms with van der Waals surface area (Å²) in [5.74, 6) is 0. The minimum absolute atomic E-state index is 0.0687. The summed E-state index contributed by atoms with van der Waals surface area (Å²) in [6.45, 7) is 9.00. The molecule has 0 aliphatic carbocycles. The maximum atomic E-state index is 11.9. The molecule has 0 heterocycles. The minimum Gasteiger partial charge on any atom is -0.396 e. The Morgan fingerprint density at radius 2 is 2.10 bits per heavy atom. The zero-order valence-corrected chi connectivity index (χ0v) is 13.6. The van der Waals surface area contributed by atoms with Crippen LogP contribution in [-0.2, 0) is 5.41 Å². The number of aryl methyl sites for hydroxylation is 1. The summed E-state index contributed by atoms with van der Waals surface area (Å²) in [4.78, 5) is 11.9. The Morgan fingerprint density at radius 3 is 2.71 bits per heavy atom. The van der Waals surface area contributed by atoms with Gasteiger partial charge in [-0.15, -0.1) is 0 Å². The standard InChI is InChI=1S/C17H28N2O2/c1-13-7-5-9-15(11-13)17(3,4)12-18-16(21)19-14(2)8-6-10-20/h5,7,9,11,14,20H,6,8,10,12H2,1-4H3,(H2,18,19,21). The largest absolute Gasteiger partial charge is 0.396 e. The fourth-order valence-corrected chi connectivity index (χ4v) is 2.21. The number of nitrogens with one attached hydrogen (secondary N) is 2. The van der Waals surface area contributed by atoms with Gasteiger partial charge in [-0.2, -0.15) is 0 Å². The van der Waals surface area contributed by atoms with Crippen LogP contribution in [0.5, 0.6) is 0 Å². The van der Waals surface area contributed by atoms with E-state index < -0.39 is 0 Å². The van der Waals surface area contributed by atoms with Crippen LogP contribution < -0.4 is 10.6 Å². The van der Waals surface area contributed by atoms with Crippen LogP contribution in [0.3, 0.4) is 0 Å². The lowest BCUT2D eigenvalue weighted by atomic mass is 9.84. The molecule has 1 unspecified atom stereocenters. The van der Waals surface area contributed by atoms with Crippen molar-refractivity contribution in [2.24, 2.45) is 0 Å².